The molecule has 1 saturated heterocycles. The van der Waals surface area contributed by atoms with Gasteiger partial charge in [-0.1, -0.05) is 17.7 Å². The van der Waals surface area contributed by atoms with Crippen LogP contribution < -0.4 is 15.8 Å². The van der Waals surface area contributed by atoms with Gasteiger partial charge in [-0.3, -0.25) is 25.2 Å². The second kappa shape index (κ2) is 11.0. The lowest BCUT2D eigenvalue weighted by molar-refractivity contribution is 0.0708. The van der Waals surface area contributed by atoms with Gasteiger partial charge in [-0.2, -0.15) is 0 Å². The Bertz CT molecular complexity index is 1250. The molecule has 0 aliphatic carbocycles. The molecule has 3 amide bonds. The maximum absolute atomic E-state index is 14.1. The van der Waals surface area contributed by atoms with E-state index >= 15 is 0 Å². The average molecular weight is 530 g/mol. The predicted octanol–water partition coefficient (Wildman–Crippen LogP) is 4.10. The van der Waals surface area contributed by atoms with E-state index in [1.165, 1.54) is 29.5 Å². The Morgan fingerprint density at radius 2 is 1.72 bits per heavy atom. The average Bonchev–Trinajstić information content (AvgIpc) is 3.37. The number of thiazole rings is 1. The van der Waals surface area contributed by atoms with Crippen LogP contribution in [0.25, 0.3) is 0 Å². The van der Waals surface area contributed by atoms with Crippen molar-refractivity contribution in [2.24, 2.45) is 0 Å². The molecule has 0 radical (unpaired) electrons. The molecule has 2 N–H and O–H groups in total. The van der Waals surface area contributed by atoms with Gasteiger partial charge in [0.15, 0.2) is 0 Å². The van der Waals surface area contributed by atoms with Gasteiger partial charge in [-0.15, -0.1) is 11.3 Å². The fourth-order valence-corrected chi connectivity index (χ4v) is 5.15. The van der Waals surface area contributed by atoms with Crippen molar-refractivity contribution < 1.29 is 18.8 Å². The summed E-state index contributed by atoms with van der Waals surface area (Å²) in [5.74, 6) is -1.94. The molecule has 11 heteroatoms. The van der Waals surface area contributed by atoms with Crippen molar-refractivity contribution in [3.63, 3.8) is 0 Å². The van der Waals surface area contributed by atoms with Gasteiger partial charge >= 0.3 is 0 Å². The number of nitrogens with zero attached hydrogens (tertiary/aromatic N) is 3. The highest BCUT2D eigenvalue weighted by atomic mass is 35.5. The van der Waals surface area contributed by atoms with Gasteiger partial charge in [0.2, 0.25) is 0 Å². The summed E-state index contributed by atoms with van der Waals surface area (Å²) in [7, 11) is 3.81. The second-order valence-corrected chi connectivity index (χ2v) is 9.88. The van der Waals surface area contributed by atoms with Crippen LogP contribution >= 0.6 is 22.9 Å². The highest BCUT2D eigenvalue weighted by Crippen LogP contribution is 2.32. The summed E-state index contributed by atoms with van der Waals surface area (Å²) in [5.41, 5.74) is 6.26. The lowest BCUT2D eigenvalue weighted by Gasteiger charge is -2.31. The number of hydrogen-bond acceptors (Lipinski definition) is 6. The van der Waals surface area contributed by atoms with E-state index in [1.807, 2.05) is 31.1 Å². The van der Waals surface area contributed by atoms with Crippen LogP contribution in [-0.2, 0) is 0 Å². The number of piperidine rings is 1. The van der Waals surface area contributed by atoms with Crippen molar-refractivity contribution in [3.05, 3.63) is 80.5 Å². The lowest BCUT2D eigenvalue weighted by atomic mass is 9.97. The minimum absolute atomic E-state index is 0.0708. The zero-order valence-electron chi connectivity index (χ0n) is 19.8. The Hall–Kier alpha value is -3.50. The Morgan fingerprint density at radius 3 is 2.36 bits per heavy atom. The van der Waals surface area contributed by atoms with E-state index in [9.17, 15) is 18.8 Å². The van der Waals surface area contributed by atoms with Gasteiger partial charge in [-0.05, 0) is 49.2 Å². The molecule has 1 aliphatic heterocycles. The predicted molar refractivity (Wildman–Crippen MR) is 137 cm³/mol. The van der Waals surface area contributed by atoms with E-state index in [2.05, 4.69) is 15.8 Å². The summed E-state index contributed by atoms with van der Waals surface area (Å²) in [4.78, 5) is 45.5. The molecule has 2 aromatic carbocycles. The second-order valence-electron chi connectivity index (χ2n) is 8.58. The molecule has 0 spiro atoms. The summed E-state index contributed by atoms with van der Waals surface area (Å²) in [5, 5.41) is 2.51. The quantitative estimate of drug-likeness (QED) is 0.485. The van der Waals surface area contributed by atoms with Crippen molar-refractivity contribution in [2.45, 2.75) is 18.8 Å². The zero-order chi connectivity index (χ0) is 25.8. The smallest absolute Gasteiger partial charge is 0.289 e. The van der Waals surface area contributed by atoms with Crippen molar-refractivity contribution >= 4 is 46.3 Å². The van der Waals surface area contributed by atoms with Crippen LogP contribution in [-0.4, -0.2) is 54.8 Å². The first-order chi connectivity index (χ1) is 17.2. The van der Waals surface area contributed by atoms with Crippen molar-refractivity contribution in [3.8, 4) is 0 Å². The lowest BCUT2D eigenvalue weighted by Crippen LogP contribution is -2.41. The van der Waals surface area contributed by atoms with E-state index in [0.717, 1.165) is 10.7 Å². The number of carbonyl (C=O) groups excluding carboxylic acids is 3. The number of anilines is 1. The van der Waals surface area contributed by atoms with Gasteiger partial charge < -0.3 is 9.80 Å². The molecule has 0 saturated carbocycles. The Morgan fingerprint density at radius 1 is 1.06 bits per heavy atom. The number of amides is 3. The van der Waals surface area contributed by atoms with Crippen molar-refractivity contribution in [2.75, 3.05) is 32.1 Å². The minimum Gasteiger partial charge on any atom is -0.378 e. The largest absolute Gasteiger partial charge is 0.378 e. The maximum atomic E-state index is 14.1. The topological polar surface area (TPSA) is 94.6 Å². The summed E-state index contributed by atoms with van der Waals surface area (Å²) < 4.78 is 14.1. The molecule has 0 unspecified atom stereocenters. The molecule has 8 nitrogen and oxygen atoms in total. The van der Waals surface area contributed by atoms with Crippen LogP contribution in [0.5, 0.6) is 0 Å². The molecule has 188 valence electrons. The third kappa shape index (κ3) is 5.66. The third-order valence-corrected chi connectivity index (χ3v) is 7.32. The zero-order valence-corrected chi connectivity index (χ0v) is 21.3. The normalized spacial score (nSPS) is 13.8. The van der Waals surface area contributed by atoms with E-state index in [4.69, 9.17) is 11.6 Å². The molecule has 0 atom stereocenters. The van der Waals surface area contributed by atoms with Gasteiger partial charge in [0, 0.05) is 49.7 Å². The van der Waals surface area contributed by atoms with Gasteiger partial charge in [0.25, 0.3) is 17.7 Å². The van der Waals surface area contributed by atoms with Crippen molar-refractivity contribution in [1.82, 2.24) is 20.7 Å². The van der Waals surface area contributed by atoms with Gasteiger partial charge in [-0.25, -0.2) is 9.37 Å². The van der Waals surface area contributed by atoms with Crippen LogP contribution in [0.2, 0.25) is 5.02 Å². The first-order valence-electron chi connectivity index (χ1n) is 11.3. The molecule has 1 aromatic heterocycles. The van der Waals surface area contributed by atoms with E-state index in [0.29, 0.717) is 31.5 Å². The number of hydrazine groups is 1. The number of benzene rings is 2. The molecule has 2 heterocycles. The van der Waals surface area contributed by atoms with Crippen LogP contribution in [0.15, 0.2) is 47.8 Å². The molecule has 0 bridgehead atoms. The molecule has 1 fully saturated rings. The number of rotatable bonds is 5. The van der Waals surface area contributed by atoms with Crippen LogP contribution in [0.4, 0.5) is 10.1 Å². The van der Waals surface area contributed by atoms with Crippen LogP contribution in [0, 0.1) is 5.82 Å². The summed E-state index contributed by atoms with van der Waals surface area (Å²) in [6, 6.07) is 11.2. The summed E-state index contributed by atoms with van der Waals surface area (Å²) >= 11 is 7.39. The van der Waals surface area contributed by atoms with E-state index in [1.54, 1.807) is 22.4 Å². The Balaban J connectivity index is 1.30. The summed E-state index contributed by atoms with van der Waals surface area (Å²) in [6.07, 6.45) is 1.26. The number of carbonyl (C=O) groups is 3. The molecule has 3 aromatic rings. The first kappa shape index (κ1) is 25.6. The summed E-state index contributed by atoms with van der Waals surface area (Å²) in [6.45, 7) is 0.857. The fraction of sp³-hybridized carbons (Fsp3) is 0.280. The van der Waals surface area contributed by atoms with E-state index in [-0.39, 0.29) is 22.2 Å². The molecular formula is C25H25ClFN5O3S. The SMILES string of the molecule is CN(C)c1ccc(C(=O)NNC(=O)c2csc(C3CCN(C(=O)c4c(F)cccc4Cl)CC3)n2)cc1. The first-order valence-corrected chi connectivity index (χ1v) is 12.6. The van der Waals surface area contributed by atoms with Gasteiger partial charge in [0.05, 0.1) is 15.6 Å². The van der Waals surface area contributed by atoms with Crippen LogP contribution in [0.3, 0.4) is 0 Å². The molecule has 1 aliphatic rings. The molecule has 36 heavy (non-hydrogen) atoms. The van der Waals surface area contributed by atoms with Crippen molar-refractivity contribution in [1.29, 1.82) is 0 Å². The van der Waals surface area contributed by atoms with Gasteiger partial charge in [0.1, 0.15) is 11.5 Å². The number of hydrogen-bond donors (Lipinski definition) is 2. The number of aromatic nitrogens is 1. The van der Waals surface area contributed by atoms with Crippen LogP contribution in [0.1, 0.15) is 55.0 Å². The number of halogens is 2. The Labute approximate surface area is 217 Å². The fourth-order valence-electron chi connectivity index (χ4n) is 3.93. The monoisotopic (exact) mass is 529 g/mol. The minimum atomic E-state index is -0.636. The number of nitrogens with one attached hydrogen (secondary N) is 2. The molecular weight excluding hydrogens is 505 g/mol. The Kier molecular flexibility index (Phi) is 7.85. The number of likely N-dealkylation sites (tertiary alicyclic amines) is 1. The molecule has 4 rings (SSSR count). The third-order valence-electron chi connectivity index (χ3n) is 6.00. The highest BCUT2D eigenvalue weighted by Gasteiger charge is 2.29. The highest BCUT2D eigenvalue weighted by molar-refractivity contribution is 7.09. The maximum Gasteiger partial charge on any atom is 0.289 e. The van der Waals surface area contributed by atoms with E-state index < -0.39 is 23.5 Å². The standard InChI is InChI=1S/C25H25ClFN5O3S/c1-31(2)17-8-6-15(7-9-17)22(33)29-30-23(34)20-14-36-24(28-20)16-10-12-32(13-11-16)25(35)21-18(26)4-3-5-19(21)27/h3-9,14,16H,10-13H2,1-2H3,(H,29,33)(H,30,34).